The zero-order valence-electron chi connectivity index (χ0n) is 27.6. The molecule has 3 atom stereocenters. The molecule has 1 saturated carbocycles. The molecule has 0 spiro atoms. The van der Waals surface area contributed by atoms with Gasteiger partial charge in [0.1, 0.15) is 28.6 Å². The number of rotatable bonds is 9. The maximum Gasteiger partial charge on any atom is 0.319 e. The van der Waals surface area contributed by atoms with Crippen molar-refractivity contribution in [3.05, 3.63) is 34.5 Å². The Bertz CT molecular complexity index is 2060. The third kappa shape index (κ3) is 5.18. The van der Waals surface area contributed by atoms with Gasteiger partial charge in [0.2, 0.25) is 0 Å². The Morgan fingerprint density at radius 1 is 1.12 bits per heavy atom. The monoisotopic (exact) mass is 706 g/mol. The fourth-order valence-electron chi connectivity index (χ4n) is 8.59. The Morgan fingerprint density at radius 2 is 1.86 bits per heavy atom. The van der Waals surface area contributed by atoms with Crippen LogP contribution in [0.5, 0.6) is 6.01 Å². The van der Waals surface area contributed by atoms with Crippen molar-refractivity contribution in [3.8, 4) is 23.3 Å². The van der Waals surface area contributed by atoms with Crippen LogP contribution in [0.15, 0.2) is 6.20 Å². The van der Waals surface area contributed by atoms with E-state index < -0.39 is 23.9 Å². The minimum absolute atomic E-state index is 0.0453. The van der Waals surface area contributed by atoms with E-state index in [1.807, 2.05) is 0 Å². The van der Waals surface area contributed by atoms with Gasteiger partial charge in [-0.15, -0.1) is 11.3 Å². The zero-order valence-corrected chi connectivity index (χ0v) is 28.4. The number of alkyl halides is 1. The van der Waals surface area contributed by atoms with E-state index in [1.165, 1.54) is 0 Å². The molecule has 3 aromatic heterocycles. The van der Waals surface area contributed by atoms with E-state index >= 15 is 8.78 Å². The van der Waals surface area contributed by atoms with Gasteiger partial charge < -0.3 is 25.2 Å². The van der Waals surface area contributed by atoms with Crippen LogP contribution in [0.3, 0.4) is 0 Å². The summed E-state index contributed by atoms with van der Waals surface area (Å²) in [5.74, 6) is -0.734. The normalized spacial score (nSPS) is 23.7. The van der Waals surface area contributed by atoms with E-state index in [4.69, 9.17) is 25.2 Å². The Labute approximate surface area is 290 Å². The second kappa shape index (κ2) is 11.9. The Morgan fingerprint density at radius 3 is 2.54 bits per heavy atom. The van der Waals surface area contributed by atoms with Crippen LogP contribution in [0.1, 0.15) is 49.3 Å². The third-order valence-corrected chi connectivity index (χ3v) is 12.1. The summed E-state index contributed by atoms with van der Waals surface area (Å²) in [5, 5.41) is 21.0. The number of aliphatic hydroxyl groups excluding tert-OH is 1. The number of nitrogen functional groups attached to an aromatic ring is 1. The summed E-state index contributed by atoms with van der Waals surface area (Å²) >= 11 is 0.931. The molecule has 5 aliphatic rings. The molecule has 1 aromatic carbocycles. The Balaban J connectivity index is 1.20. The average Bonchev–Trinajstić information content (AvgIpc) is 3.35. The lowest BCUT2D eigenvalue weighted by Crippen LogP contribution is -2.55. The van der Waals surface area contributed by atoms with Crippen molar-refractivity contribution in [3.63, 3.8) is 0 Å². The summed E-state index contributed by atoms with van der Waals surface area (Å²) in [5.41, 5.74) is 7.59. The highest BCUT2D eigenvalue weighted by Gasteiger charge is 2.48. The molecular formula is C35H37F3N8O3S. The number of hydrogen-bond acceptors (Lipinski definition) is 12. The molecule has 9 rings (SSSR count). The summed E-state index contributed by atoms with van der Waals surface area (Å²) < 4.78 is 58.5. The van der Waals surface area contributed by atoms with Crippen molar-refractivity contribution in [2.75, 3.05) is 56.5 Å². The highest BCUT2D eigenvalue weighted by atomic mass is 32.1. The van der Waals surface area contributed by atoms with Gasteiger partial charge in [-0.1, -0.05) is 0 Å². The van der Waals surface area contributed by atoms with E-state index in [-0.39, 0.29) is 74.1 Å². The SMILES string of the molecule is C[C@@H](O)CN1CC2CCC(C1)N2c1nc(OCC2(CN3CC(F)C3)CC2)nc2c(F)c(-c3ncc(F)c4sc(N)c(C#N)c34)c3c(c12)COC3. The van der Waals surface area contributed by atoms with Crippen LogP contribution in [0.4, 0.5) is 24.0 Å². The van der Waals surface area contributed by atoms with E-state index in [1.54, 1.807) is 6.92 Å². The average molecular weight is 707 g/mol. The second-order valence-corrected chi connectivity index (χ2v) is 15.8. The van der Waals surface area contributed by atoms with Crippen LogP contribution in [-0.4, -0.2) is 100 Å². The lowest BCUT2D eigenvalue weighted by atomic mass is 9.93. The van der Waals surface area contributed by atoms with Gasteiger partial charge in [0.05, 0.1) is 53.5 Å². The molecule has 4 aromatic rings. The van der Waals surface area contributed by atoms with Crippen molar-refractivity contribution >= 4 is 43.1 Å². The molecule has 3 saturated heterocycles. The van der Waals surface area contributed by atoms with Crippen molar-refractivity contribution < 1.29 is 27.8 Å². The topological polar surface area (TPSA) is 137 Å². The number of hydrogen-bond donors (Lipinski definition) is 2. The molecule has 0 radical (unpaired) electrons. The molecule has 3 N–H and O–H groups in total. The summed E-state index contributed by atoms with van der Waals surface area (Å²) in [6.07, 6.45) is 3.51. The number of fused-ring (bicyclic) bond motifs is 6. The van der Waals surface area contributed by atoms with Crippen LogP contribution >= 0.6 is 11.3 Å². The molecule has 7 heterocycles. The number of nitrogens with zero attached hydrogens (tertiary/aromatic N) is 7. The first-order valence-electron chi connectivity index (χ1n) is 17.2. The lowest BCUT2D eigenvalue weighted by Gasteiger charge is -2.42. The smallest absolute Gasteiger partial charge is 0.319 e. The lowest BCUT2D eigenvalue weighted by molar-refractivity contribution is 0.0370. The number of ether oxygens (including phenoxy) is 2. The molecule has 50 heavy (non-hydrogen) atoms. The maximum absolute atomic E-state index is 17.4. The number of thiophene rings is 1. The number of nitriles is 1. The third-order valence-electron chi connectivity index (χ3n) is 11.1. The molecule has 15 heteroatoms. The Kier molecular flexibility index (Phi) is 7.63. The number of benzene rings is 1. The van der Waals surface area contributed by atoms with Crippen molar-refractivity contribution in [1.29, 1.82) is 5.26 Å². The summed E-state index contributed by atoms with van der Waals surface area (Å²) in [4.78, 5) is 20.8. The highest BCUT2D eigenvalue weighted by Crippen LogP contribution is 2.50. The van der Waals surface area contributed by atoms with Crippen LogP contribution in [0.2, 0.25) is 0 Å². The van der Waals surface area contributed by atoms with E-state index in [0.29, 0.717) is 43.0 Å². The first-order chi connectivity index (χ1) is 24.1. The standard InChI is InChI=1S/C35H37F3N8O3S/c1-17(47)8-44-11-19-2-3-20(12-44)46(19)33-27-23-14-48-13-22(23)25(29-26-21(6-39)32(40)50-31(26)24(37)7-41-29)28(38)30(27)42-34(43-33)49-16-35(4-5-35)15-45-9-18(36)10-45/h7,17-20,47H,2-5,8-16,40H2,1H3/t17-,19?,20?/m1/s1. The van der Waals surface area contributed by atoms with Gasteiger partial charge in [-0.25, -0.2) is 13.2 Å². The van der Waals surface area contributed by atoms with Crippen LogP contribution < -0.4 is 15.4 Å². The molecule has 11 nitrogen and oxygen atoms in total. The summed E-state index contributed by atoms with van der Waals surface area (Å²) in [7, 11) is 0. The number of aromatic nitrogens is 3. The highest BCUT2D eigenvalue weighted by molar-refractivity contribution is 7.23. The number of likely N-dealkylation sites (tertiary alicyclic amines) is 2. The number of halogens is 3. The molecule has 0 amide bonds. The van der Waals surface area contributed by atoms with E-state index in [0.717, 1.165) is 68.4 Å². The number of nitrogens with two attached hydrogens (primary N) is 1. The van der Waals surface area contributed by atoms with Gasteiger partial charge in [-0.2, -0.15) is 15.2 Å². The quantitative estimate of drug-likeness (QED) is 0.254. The second-order valence-electron chi connectivity index (χ2n) is 14.7. The van der Waals surface area contributed by atoms with Crippen LogP contribution in [0.25, 0.3) is 32.2 Å². The molecule has 4 aliphatic heterocycles. The van der Waals surface area contributed by atoms with Crippen molar-refractivity contribution in [1.82, 2.24) is 24.8 Å². The van der Waals surface area contributed by atoms with Gasteiger partial charge in [-0.3, -0.25) is 14.8 Å². The van der Waals surface area contributed by atoms with Crippen LogP contribution in [-0.2, 0) is 18.0 Å². The molecule has 262 valence electrons. The number of piperazine rings is 1. The predicted octanol–water partition coefficient (Wildman–Crippen LogP) is 4.52. The zero-order chi connectivity index (χ0) is 34.5. The largest absolute Gasteiger partial charge is 0.463 e. The predicted molar refractivity (Wildman–Crippen MR) is 182 cm³/mol. The minimum atomic E-state index is -0.788. The van der Waals surface area contributed by atoms with E-state index in [9.17, 15) is 14.8 Å². The van der Waals surface area contributed by atoms with E-state index in [2.05, 4.69) is 25.8 Å². The fourth-order valence-corrected chi connectivity index (χ4v) is 9.51. The van der Waals surface area contributed by atoms with Crippen molar-refractivity contribution in [2.24, 2.45) is 5.41 Å². The fraction of sp³-hybridized carbons (Fsp3) is 0.543. The first kappa shape index (κ1) is 32.1. The molecule has 2 unspecified atom stereocenters. The van der Waals surface area contributed by atoms with Crippen LogP contribution in [0, 0.1) is 28.4 Å². The Hall–Kier alpha value is -3.81. The molecule has 2 bridgehead atoms. The molecule has 1 aliphatic carbocycles. The van der Waals surface area contributed by atoms with Gasteiger partial charge >= 0.3 is 6.01 Å². The number of anilines is 2. The van der Waals surface area contributed by atoms with Gasteiger partial charge in [0.25, 0.3) is 0 Å². The summed E-state index contributed by atoms with van der Waals surface area (Å²) in [6.45, 7) is 5.99. The minimum Gasteiger partial charge on any atom is -0.463 e. The van der Waals surface area contributed by atoms with Gasteiger partial charge in [0, 0.05) is 67.7 Å². The summed E-state index contributed by atoms with van der Waals surface area (Å²) in [6, 6.07) is 2.28. The number of pyridine rings is 1. The number of aliphatic hydroxyl groups is 1. The van der Waals surface area contributed by atoms with Gasteiger partial charge in [-0.05, 0) is 43.7 Å². The molecule has 4 fully saturated rings. The number of β-amino-alcohol motifs (C(OH)–C–C–N with tert-alkyl or cyclic N) is 1. The maximum atomic E-state index is 17.4. The van der Waals surface area contributed by atoms with Gasteiger partial charge in [0.15, 0.2) is 11.6 Å². The first-order valence-corrected chi connectivity index (χ1v) is 18.0. The molecular weight excluding hydrogens is 669 g/mol. The van der Waals surface area contributed by atoms with Crippen molar-refractivity contribution in [2.45, 2.75) is 70.2 Å².